The number of fused-ring (bicyclic) bond motifs is 1. The lowest BCUT2D eigenvalue weighted by Crippen LogP contribution is -2.41. The Kier molecular flexibility index (Phi) is 5.13. The molecular formula is C20H24N2O4. The van der Waals surface area contributed by atoms with Crippen LogP contribution in [0.5, 0.6) is 0 Å². The third-order valence-corrected chi connectivity index (χ3v) is 4.05. The van der Waals surface area contributed by atoms with Crippen LogP contribution in [0.15, 0.2) is 36.4 Å². The molecule has 1 heterocycles. The van der Waals surface area contributed by atoms with E-state index in [4.69, 9.17) is 9.47 Å². The molecule has 0 saturated carbocycles. The van der Waals surface area contributed by atoms with Crippen LogP contribution in [0.1, 0.15) is 31.1 Å². The number of anilines is 1. The topological polar surface area (TPSA) is 67.9 Å². The number of carbonyl (C=O) groups is 2. The van der Waals surface area contributed by atoms with Crippen LogP contribution >= 0.6 is 0 Å². The lowest BCUT2D eigenvalue weighted by atomic mass is 10.0. The number of morpholine rings is 1. The van der Waals surface area contributed by atoms with E-state index in [1.54, 1.807) is 25.7 Å². The predicted octanol–water partition coefficient (Wildman–Crippen LogP) is 3.66. The molecule has 1 aliphatic rings. The second kappa shape index (κ2) is 7.33. The van der Waals surface area contributed by atoms with E-state index < -0.39 is 11.7 Å². The summed E-state index contributed by atoms with van der Waals surface area (Å²) in [6, 6.07) is 11.4. The van der Waals surface area contributed by atoms with Crippen LogP contribution in [0.3, 0.4) is 0 Å². The fraction of sp³-hybridized carbons (Fsp3) is 0.400. The molecule has 6 nitrogen and oxygen atoms in total. The van der Waals surface area contributed by atoms with E-state index in [1.807, 2.05) is 36.4 Å². The first kappa shape index (κ1) is 18.2. The van der Waals surface area contributed by atoms with Crippen molar-refractivity contribution in [3.63, 3.8) is 0 Å². The zero-order valence-electron chi connectivity index (χ0n) is 15.4. The largest absolute Gasteiger partial charge is 0.444 e. The molecule has 138 valence electrons. The summed E-state index contributed by atoms with van der Waals surface area (Å²) < 4.78 is 10.7. The van der Waals surface area contributed by atoms with Crippen LogP contribution in [-0.4, -0.2) is 48.8 Å². The Bertz CT molecular complexity index is 820. The van der Waals surface area contributed by atoms with Gasteiger partial charge in [-0.05, 0) is 43.7 Å². The van der Waals surface area contributed by atoms with Gasteiger partial charge in [-0.1, -0.05) is 24.3 Å². The first-order chi connectivity index (χ1) is 12.3. The van der Waals surface area contributed by atoms with Gasteiger partial charge in [-0.25, -0.2) is 4.79 Å². The van der Waals surface area contributed by atoms with Gasteiger partial charge >= 0.3 is 6.09 Å². The van der Waals surface area contributed by atoms with Gasteiger partial charge in [-0.3, -0.25) is 10.1 Å². The van der Waals surface area contributed by atoms with Crippen molar-refractivity contribution in [3.05, 3.63) is 42.0 Å². The molecule has 0 bridgehead atoms. The Morgan fingerprint density at radius 2 is 1.69 bits per heavy atom. The number of rotatable bonds is 2. The minimum Gasteiger partial charge on any atom is -0.444 e. The zero-order valence-corrected chi connectivity index (χ0v) is 15.4. The van der Waals surface area contributed by atoms with E-state index in [1.165, 1.54) is 0 Å². The van der Waals surface area contributed by atoms with E-state index in [0.717, 1.165) is 10.8 Å². The highest BCUT2D eigenvalue weighted by molar-refractivity contribution is 6.07. The molecule has 1 fully saturated rings. The number of amides is 2. The number of carbonyl (C=O) groups excluding carboxylic acids is 2. The summed E-state index contributed by atoms with van der Waals surface area (Å²) in [5, 5.41) is 4.62. The highest BCUT2D eigenvalue weighted by Crippen LogP contribution is 2.26. The summed E-state index contributed by atoms with van der Waals surface area (Å²) in [5.74, 6) is -0.120. The lowest BCUT2D eigenvalue weighted by Gasteiger charge is -2.28. The molecule has 1 saturated heterocycles. The van der Waals surface area contributed by atoms with Crippen LogP contribution in [-0.2, 0) is 9.47 Å². The minimum absolute atomic E-state index is 0.120. The molecule has 2 amide bonds. The van der Waals surface area contributed by atoms with Crippen molar-refractivity contribution in [2.75, 3.05) is 31.6 Å². The van der Waals surface area contributed by atoms with Crippen molar-refractivity contribution in [3.8, 4) is 0 Å². The molecule has 6 heteroatoms. The van der Waals surface area contributed by atoms with Gasteiger partial charge in [0, 0.05) is 13.1 Å². The Hall–Kier alpha value is -2.60. The summed E-state index contributed by atoms with van der Waals surface area (Å²) in [7, 11) is 0. The molecule has 1 aliphatic heterocycles. The standard InChI is InChI=1S/C20H24N2O4/c1-20(2,3)26-19(24)21-17-13-15-7-5-4-6-14(15)12-16(17)18(23)22-8-10-25-11-9-22/h4-7,12-13H,8-11H2,1-3H3,(H,21,24). The zero-order chi connectivity index (χ0) is 18.7. The van der Waals surface area contributed by atoms with Crippen LogP contribution in [0.4, 0.5) is 10.5 Å². The van der Waals surface area contributed by atoms with Gasteiger partial charge in [0.05, 0.1) is 24.5 Å². The van der Waals surface area contributed by atoms with Gasteiger partial charge in [0.15, 0.2) is 0 Å². The van der Waals surface area contributed by atoms with Gasteiger partial charge < -0.3 is 14.4 Å². The molecule has 1 N–H and O–H groups in total. The Balaban J connectivity index is 1.96. The fourth-order valence-corrected chi connectivity index (χ4v) is 2.87. The lowest BCUT2D eigenvalue weighted by molar-refractivity contribution is 0.0303. The molecule has 2 aromatic carbocycles. The Morgan fingerprint density at radius 3 is 2.31 bits per heavy atom. The molecular weight excluding hydrogens is 332 g/mol. The summed E-state index contributed by atoms with van der Waals surface area (Å²) >= 11 is 0. The molecule has 2 aromatic rings. The summed E-state index contributed by atoms with van der Waals surface area (Å²) in [6.07, 6.45) is -0.580. The quantitative estimate of drug-likeness (QED) is 0.892. The maximum absolute atomic E-state index is 13.0. The molecule has 0 unspecified atom stereocenters. The van der Waals surface area contributed by atoms with Crippen LogP contribution in [0.2, 0.25) is 0 Å². The smallest absolute Gasteiger partial charge is 0.412 e. The molecule has 0 radical (unpaired) electrons. The average Bonchev–Trinajstić information content (AvgIpc) is 2.59. The summed E-state index contributed by atoms with van der Waals surface area (Å²) in [6.45, 7) is 7.52. The third kappa shape index (κ3) is 4.32. The average molecular weight is 356 g/mol. The number of nitrogens with one attached hydrogen (secondary N) is 1. The SMILES string of the molecule is CC(C)(C)OC(=O)Nc1cc2ccccc2cc1C(=O)N1CCOCC1. The molecule has 0 aliphatic carbocycles. The van der Waals surface area contributed by atoms with Crippen molar-refractivity contribution >= 4 is 28.5 Å². The van der Waals surface area contributed by atoms with Gasteiger partial charge in [-0.2, -0.15) is 0 Å². The number of hydrogen-bond donors (Lipinski definition) is 1. The summed E-state index contributed by atoms with van der Waals surface area (Å²) in [5.41, 5.74) is 0.292. The van der Waals surface area contributed by atoms with Crippen molar-refractivity contribution in [2.24, 2.45) is 0 Å². The predicted molar refractivity (Wildman–Crippen MR) is 101 cm³/mol. The second-order valence-corrected chi connectivity index (χ2v) is 7.28. The monoisotopic (exact) mass is 356 g/mol. The van der Waals surface area contributed by atoms with E-state index in [2.05, 4.69) is 5.32 Å². The molecule has 0 atom stereocenters. The van der Waals surface area contributed by atoms with Crippen molar-refractivity contribution in [2.45, 2.75) is 26.4 Å². The Morgan fingerprint density at radius 1 is 1.08 bits per heavy atom. The van der Waals surface area contributed by atoms with Gasteiger partial charge in [0.2, 0.25) is 0 Å². The third-order valence-electron chi connectivity index (χ3n) is 4.05. The number of hydrogen-bond acceptors (Lipinski definition) is 4. The van der Waals surface area contributed by atoms with E-state index in [-0.39, 0.29) is 5.91 Å². The van der Waals surface area contributed by atoms with Crippen molar-refractivity contribution < 1.29 is 19.1 Å². The van der Waals surface area contributed by atoms with E-state index in [0.29, 0.717) is 37.6 Å². The fourth-order valence-electron chi connectivity index (χ4n) is 2.87. The molecule has 0 spiro atoms. The van der Waals surface area contributed by atoms with Gasteiger partial charge in [0.1, 0.15) is 5.60 Å². The molecule has 0 aromatic heterocycles. The van der Waals surface area contributed by atoms with Gasteiger partial charge in [-0.15, -0.1) is 0 Å². The van der Waals surface area contributed by atoms with Crippen LogP contribution in [0.25, 0.3) is 10.8 Å². The second-order valence-electron chi connectivity index (χ2n) is 7.28. The number of benzene rings is 2. The Labute approximate surface area is 153 Å². The maximum Gasteiger partial charge on any atom is 0.412 e. The maximum atomic E-state index is 13.0. The van der Waals surface area contributed by atoms with E-state index >= 15 is 0 Å². The first-order valence-electron chi connectivity index (χ1n) is 8.73. The highest BCUT2D eigenvalue weighted by Gasteiger charge is 2.24. The molecule has 26 heavy (non-hydrogen) atoms. The first-order valence-corrected chi connectivity index (χ1v) is 8.73. The number of nitrogens with zero attached hydrogens (tertiary/aromatic N) is 1. The molecule has 3 rings (SSSR count). The van der Waals surface area contributed by atoms with Crippen LogP contribution < -0.4 is 5.32 Å². The summed E-state index contributed by atoms with van der Waals surface area (Å²) in [4.78, 5) is 27.0. The van der Waals surface area contributed by atoms with Gasteiger partial charge in [0.25, 0.3) is 5.91 Å². The number of ether oxygens (including phenoxy) is 2. The van der Waals surface area contributed by atoms with Crippen molar-refractivity contribution in [1.82, 2.24) is 4.90 Å². The van der Waals surface area contributed by atoms with Crippen LogP contribution in [0, 0.1) is 0 Å². The normalized spacial score (nSPS) is 15.0. The minimum atomic E-state index is -0.616. The van der Waals surface area contributed by atoms with Crippen molar-refractivity contribution in [1.29, 1.82) is 0 Å². The highest BCUT2D eigenvalue weighted by atomic mass is 16.6. The van der Waals surface area contributed by atoms with E-state index in [9.17, 15) is 9.59 Å².